The molecule has 0 aromatic rings. The highest BCUT2D eigenvalue weighted by Crippen LogP contribution is 2.14. The fourth-order valence-electron chi connectivity index (χ4n) is 6.74. The zero-order chi connectivity index (χ0) is 48.6. The highest BCUT2D eigenvalue weighted by molar-refractivity contribution is 5.71. The molecule has 0 bridgehead atoms. The lowest BCUT2D eigenvalue weighted by Gasteiger charge is -2.18. The molecule has 67 heavy (non-hydrogen) atoms. The Balaban J connectivity index is 4.61. The predicted octanol–water partition coefficient (Wildman–Crippen LogP) is 17.9. The van der Waals surface area contributed by atoms with Gasteiger partial charge in [0.1, 0.15) is 13.2 Å². The molecule has 0 saturated heterocycles. The van der Waals surface area contributed by atoms with E-state index in [9.17, 15) is 14.4 Å². The van der Waals surface area contributed by atoms with Crippen LogP contribution in [0.15, 0.2) is 134 Å². The van der Waals surface area contributed by atoms with Gasteiger partial charge >= 0.3 is 17.9 Å². The average molecular weight is 925 g/mol. The van der Waals surface area contributed by atoms with Crippen LogP contribution in [0.5, 0.6) is 0 Å². The Morgan fingerprint density at radius 3 is 0.985 bits per heavy atom. The molecule has 0 fully saturated rings. The Morgan fingerprint density at radius 1 is 0.313 bits per heavy atom. The molecule has 0 aromatic carbocycles. The first-order valence-electron chi connectivity index (χ1n) is 26.7. The molecular weight excluding hydrogens is 829 g/mol. The summed E-state index contributed by atoms with van der Waals surface area (Å²) in [5.41, 5.74) is 0. The highest BCUT2D eigenvalue weighted by Gasteiger charge is 2.19. The van der Waals surface area contributed by atoms with Crippen molar-refractivity contribution in [3.63, 3.8) is 0 Å². The average Bonchev–Trinajstić information content (AvgIpc) is 3.33. The zero-order valence-corrected chi connectivity index (χ0v) is 42.9. The minimum Gasteiger partial charge on any atom is -0.462 e. The lowest BCUT2D eigenvalue weighted by molar-refractivity contribution is -0.166. The summed E-state index contributed by atoms with van der Waals surface area (Å²) in [6.45, 7) is 6.28. The van der Waals surface area contributed by atoms with Gasteiger partial charge in [-0.2, -0.15) is 0 Å². The quantitative estimate of drug-likeness (QED) is 0.0262. The van der Waals surface area contributed by atoms with E-state index in [2.05, 4.69) is 142 Å². The normalized spacial score (nSPS) is 13.2. The number of hydrogen-bond acceptors (Lipinski definition) is 6. The summed E-state index contributed by atoms with van der Waals surface area (Å²) in [5.74, 6) is -1.08. The summed E-state index contributed by atoms with van der Waals surface area (Å²) >= 11 is 0. The fourth-order valence-corrected chi connectivity index (χ4v) is 6.74. The van der Waals surface area contributed by atoms with Gasteiger partial charge in [-0.1, -0.05) is 231 Å². The van der Waals surface area contributed by atoms with Gasteiger partial charge in [0.15, 0.2) is 6.10 Å². The maximum atomic E-state index is 12.8. The van der Waals surface area contributed by atoms with Crippen molar-refractivity contribution in [3.05, 3.63) is 134 Å². The van der Waals surface area contributed by atoms with Crippen LogP contribution in [-0.2, 0) is 28.6 Å². The van der Waals surface area contributed by atoms with Gasteiger partial charge in [-0.3, -0.25) is 14.4 Å². The van der Waals surface area contributed by atoms with E-state index in [0.717, 1.165) is 96.3 Å². The second-order valence-electron chi connectivity index (χ2n) is 17.0. The van der Waals surface area contributed by atoms with Gasteiger partial charge in [0.25, 0.3) is 0 Å². The van der Waals surface area contributed by atoms with Gasteiger partial charge in [0, 0.05) is 19.3 Å². The van der Waals surface area contributed by atoms with Crippen LogP contribution in [0.1, 0.15) is 213 Å². The Kier molecular flexibility index (Phi) is 50.6. The molecule has 0 spiro atoms. The van der Waals surface area contributed by atoms with Crippen molar-refractivity contribution >= 4 is 17.9 Å². The molecule has 0 heterocycles. The van der Waals surface area contributed by atoms with Gasteiger partial charge in [-0.15, -0.1) is 0 Å². The van der Waals surface area contributed by atoms with Crippen molar-refractivity contribution in [2.24, 2.45) is 0 Å². The van der Waals surface area contributed by atoms with Crippen LogP contribution in [0.4, 0.5) is 0 Å². The van der Waals surface area contributed by atoms with Gasteiger partial charge in [0.05, 0.1) is 0 Å². The summed E-state index contributed by atoms with van der Waals surface area (Å²) in [7, 11) is 0. The smallest absolute Gasteiger partial charge is 0.306 e. The molecule has 0 aliphatic carbocycles. The Hall–Kier alpha value is -4.45. The molecule has 376 valence electrons. The Morgan fingerprint density at radius 2 is 0.612 bits per heavy atom. The summed E-state index contributed by atoms with van der Waals surface area (Å²) < 4.78 is 16.7. The van der Waals surface area contributed by atoms with Crippen molar-refractivity contribution in [2.45, 2.75) is 219 Å². The third-order valence-corrected chi connectivity index (χ3v) is 10.7. The van der Waals surface area contributed by atoms with Crippen molar-refractivity contribution in [3.8, 4) is 0 Å². The molecule has 0 aliphatic heterocycles. The summed E-state index contributed by atoms with van der Waals surface area (Å²) in [6, 6.07) is 0. The molecule has 0 rings (SSSR count). The first-order chi connectivity index (χ1) is 33.0. The standard InChI is InChI=1S/C61H96O6/c1-4-7-10-13-16-19-22-25-27-29-30-32-33-36-39-42-45-48-51-54-60(63)66-57-58(56-65-59(62)53-50-47-44-41-38-35-24-21-18-15-12-9-6-3)67-61(64)55-52-49-46-43-40-37-34-31-28-26-23-20-17-14-11-8-5-2/h7-8,10-11,16-17,19-20,25-28,30,32,34,36-37,39,43,45-46,48,58H,4-6,9,12-15,18,21-24,29,31,33,35,38,40-42,44,47,49-57H2,1-3H3/b10-7-,11-8-,19-16-,20-17-,27-25-,28-26-,32-30-,37-34-,39-36-,46-43-,48-45-. The first-order valence-corrected chi connectivity index (χ1v) is 26.7. The van der Waals surface area contributed by atoms with E-state index in [1.54, 1.807) is 0 Å². The molecule has 0 radical (unpaired) electrons. The number of allylic oxidation sites excluding steroid dienone is 22. The van der Waals surface area contributed by atoms with Gasteiger partial charge in [0.2, 0.25) is 0 Å². The summed E-state index contributed by atoms with van der Waals surface area (Å²) in [5, 5.41) is 0. The van der Waals surface area contributed by atoms with Crippen molar-refractivity contribution < 1.29 is 28.6 Å². The van der Waals surface area contributed by atoms with Crippen molar-refractivity contribution in [2.75, 3.05) is 13.2 Å². The molecule has 0 aliphatic rings. The third kappa shape index (κ3) is 52.4. The molecule has 0 aromatic heterocycles. The predicted molar refractivity (Wildman–Crippen MR) is 288 cm³/mol. The van der Waals surface area contributed by atoms with Crippen molar-refractivity contribution in [1.29, 1.82) is 0 Å². The van der Waals surface area contributed by atoms with E-state index in [-0.39, 0.29) is 44.0 Å². The van der Waals surface area contributed by atoms with Gasteiger partial charge < -0.3 is 14.2 Å². The van der Waals surface area contributed by atoms with Crippen LogP contribution >= 0.6 is 0 Å². The van der Waals surface area contributed by atoms with E-state index >= 15 is 0 Å². The molecular formula is C61H96O6. The van der Waals surface area contributed by atoms with E-state index in [1.807, 2.05) is 12.2 Å². The van der Waals surface area contributed by atoms with Crippen LogP contribution < -0.4 is 0 Å². The van der Waals surface area contributed by atoms with E-state index in [1.165, 1.54) is 64.2 Å². The number of ether oxygens (including phenoxy) is 3. The molecule has 1 atom stereocenters. The Labute approximate surface area is 411 Å². The number of carbonyl (C=O) groups excluding carboxylic acids is 3. The molecule has 0 amide bonds. The molecule has 6 nitrogen and oxygen atoms in total. The van der Waals surface area contributed by atoms with E-state index in [0.29, 0.717) is 19.3 Å². The summed E-state index contributed by atoms with van der Waals surface area (Å²) in [4.78, 5) is 38.0. The SMILES string of the molecule is CC/C=C\C/C=C\C/C=C\C/C=C\C/C=C\C/C=C\CCC(=O)OCC(COC(=O)CCCCCCCCCCCCCCC)OC(=O)CCC/C=C\C/C=C\C/C=C\C/C=C\C/C=C\CC. The number of unbranched alkanes of at least 4 members (excludes halogenated alkanes) is 13. The first kappa shape index (κ1) is 62.5. The van der Waals surface area contributed by atoms with Gasteiger partial charge in [-0.05, 0) is 96.3 Å². The summed E-state index contributed by atoms with van der Waals surface area (Å²) in [6.07, 6.45) is 76.0. The second kappa shape index (κ2) is 54.2. The maximum Gasteiger partial charge on any atom is 0.306 e. The van der Waals surface area contributed by atoms with Crippen LogP contribution in [0, 0.1) is 0 Å². The topological polar surface area (TPSA) is 78.9 Å². The number of rotatable bonds is 46. The van der Waals surface area contributed by atoms with Crippen LogP contribution in [0.2, 0.25) is 0 Å². The molecule has 1 unspecified atom stereocenters. The van der Waals surface area contributed by atoms with Crippen LogP contribution in [-0.4, -0.2) is 37.2 Å². The van der Waals surface area contributed by atoms with Crippen LogP contribution in [0.25, 0.3) is 0 Å². The van der Waals surface area contributed by atoms with Crippen molar-refractivity contribution in [1.82, 2.24) is 0 Å². The third-order valence-electron chi connectivity index (χ3n) is 10.7. The Bertz CT molecular complexity index is 1480. The largest absolute Gasteiger partial charge is 0.462 e. The molecule has 0 saturated carbocycles. The number of hydrogen-bond donors (Lipinski definition) is 0. The zero-order valence-electron chi connectivity index (χ0n) is 42.9. The fraction of sp³-hybridized carbons (Fsp3) is 0.590. The lowest BCUT2D eigenvalue weighted by atomic mass is 10.0. The minimum absolute atomic E-state index is 0.127. The van der Waals surface area contributed by atoms with Gasteiger partial charge in [-0.25, -0.2) is 0 Å². The number of esters is 3. The second-order valence-corrected chi connectivity index (χ2v) is 17.0. The van der Waals surface area contributed by atoms with Crippen LogP contribution in [0.3, 0.4) is 0 Å². The highest BCUT2D eigenvalue weighted by atomic mass is 16.6. The lowest BCUT2D eigenvalue weighted by Crippen LogP contribution is -2.30. The van der Waals surface area contributed by atoms with E-state index in [4.69, 9.17) is 14.2 Å². The minimum atomic E-state index is -0.841. The van der Waals surface area contributed by atoms with E-state index < -0.39 is 6.10 Å². The maximum absolute atomic E-state index is 12.8. The molecule has 0 N–H and O–H groups in total. The molecule has 6 heteroatoms. The monoisotopic (exact) mass is 925 g/mol. The number of carbonyl (C=O) groups is 3.